The molecule has 19 heavy (non-hydrogen) atoms. The average Bonchev–Trinajstić information content (AvgIpc) is 2.96. The largest absolute Gasteiger partial charge is 0.481 e. The number of aromatic nitrogens is 4. The Labute approximate surface area is 109 Å². The van der Waals surface area contributed by atoms with Crippen molar-refractivity contribution in [2.75, 3.05) is 12.4 Å². The summed E-state index contributed by atoms with van der Waals surface area (Å²) in [4.78, 5) is 11.9. The molecule has 0 aliphatic heterocycles. The molecule has 0 fully saturated rings. The van der Waals surface area contributed by atoms with E-state index >= 15 is 0 Å². The monoisotopic (exact) mass is 260 g/mol. The Balaban J connectivity index is 2.09. The van der Waals surface area contributed by atoms with E-state index < -0.39 is 0 Å². The lowest BCUT2D eigenvalue weighted by molar-refractivity contribution is 0.102. The zero-order chi connectivity index (χ0) is 13.8. The number of methoxy groups -OCH3 is 1. The molecule has 8 heteroatoms. The Morgan fingerprint density at radius 2 is 2.37 bits per heavy atom. The van der Waals surface area contributed by atoms with Crippen LogP contribution in [-0.2, 0) is 13.6 Å². The molecule has 0 bridgehead atoms. The number of carbonyl (C=O) groups excluding carboxylic acids is 1. The SMILES string of the molecule is COc1cc(C(=O)Nc2ccn(CC#N)n2)nn1C. The van der Waals surface area contributed by atoms with Crippen LogP contribution in [0.1, 0.15) is 10.5 Å². The standard InChI is InChI=1S/C11H12N6O2/c1-16-10(19-2)7-8(14-16)11(18)13-9-3-5-17(15-9)6-4-12/h3,5,7H,6H2,1-2H3,(H,13,15,18). The van der Waals surface area contributed by atoms with Crippen LogP contribution in [0.4, 0.5) is 5.82 Å². The van der Waals surface area contributed by atoms with Gasteiger partial charge in [-0.1, -0.05) is 0 Å². The number of nitrogens with one attached hydrogen (secondary N) is 1. The highest BCUT2D eigenvalue weighted by Gasteiger charge is 2.14. The Morgan fingerprint density at radius 1 is 1.58 bits per heavy atom. The number of rotatable bonds is 4. The highest BCUT2D eigenvalue weighted by atomic mass is 16.5. The third-order valence-corrected chi connectivity index (χ3v) is 2.39. The Kier molecular flexibility index (Phi) is 3.47. The molecule has 2 aromatic rings. The van der Waals surface area contributed by atoms with E-state index in [1.54, 1.807) is 19.3 Å². The fraction of sp³-hybridized carbons (Fsp3) is 0.273. The highest BCUT2D eigenvalue weighted by molar-refractivity contribution is 6.02. The van der Waals surface area contributed by atoms with Gasteiger partial charge in [-0.3, -0.25) is 9.48 Å². The molecule has 1 N–H and O–H groups in total. The molecule has 0 unspecified atom stereocenters. The minimum Gasteiger partial charge on any atom is -0.481 e. The first-order valence-corrected chi connectivity index (χ1v) is 5.44. The molecule has 0 radical (unpaired) electrons. The summed E-state index contributed by atoms with van der Waals surface area (Å²) in [6.07, 6.45) is 1.61. The van der Waals surface area contributed by atoms with E-state index in [4.69, 9.17) is 10.00 Å². The van der Waals surface area contributed by atoms with Crippen LogP contribution in [0.15, 0.2) is 18.3 Å². The van der Waals surface area contributed by atoms with Crippen molar-refractivity contribution in [3.05, 3.63) is 24.0 Å². The molecule has 98 valence electrons. The molecule has 0 saturated carbocycles. The van der Waals surface area contributed by atoms with E-state index in [1.807, 2.05) is 6.07 Å². The second kappa shape index (κ2) is 5.22. The zero-order valence-electron chi connectivity index (χ0n) is 10.5. The zero-order valence-corrected chi connectivity index (χ0v) is 10.5. The van der Waals surface area contributed by atoms with Crippen molar-refractivity contribution in [1.82, 2.24) is 19.6 Å². The minimum absolute atomic E-state index is 0.132. The normalized spacial score (nSPS) is 9.95. The lowest BCUT2D eigenvalue weighted by Gasteiger charge is -1.97. The molecule has 0 saturated heterocycles. The first-order valence-electron chi connectivity index (χ1n) is 5.44. The van der Waals surface area contributed by atoms with Gasteiger partial charge < -0.3 is 10.1 Å². The van der Waals surface area contributed by atoms with Crippen molar-refractivity contribution >= 4 is 11.7 Å². The number of ether oxygens (including phenoxy) is 1. The number of nitrogens with zero attached hydrogens (tertiary/aromatic N) is 5. The van der Waals surface area contributed by atoms with Crippen molar-refractivity contribution in [2.45, 2.75) is 6.54 Å². The first kappa shape index (κ1) is 12.6. The van der Waals surface area contributed by atoms with Crippen molar-refractivity contribution in [3.8, 4) is 11.9 Å². The fourth-order valence-electron chi connectivity index (χ4n) is 1.52. The predicted octanol–water partition coefficient (Wildman–Crippen LogP) is 0.401. The molecule has 0 aliphatic rings. The predicted molar refractivity (Wildman–Crippen MR) is 65.6 cm³/mol. The van der Waals surface area contributed by atoms with Crippen LogP contribution in [0.2, 0.25) is 0 Å². The summed E-state index contributed by atoms with van der Waals surface area (Å²) in [6.45, 7) is 0.132. The van der Waals surface area contributed by atoms with Crippen LogP contribution >= 0.6 is 0 Å². The number of nitriles is 1. The maximum absolute atomic E-state index is 11.9. The van der Waals surface area contributed by atoms with Gasteiger partial charge in [-0.05, 0) is 0 Å². The van der Waals surface area contributed by atoms with Crippen LogP contribution in [0, 0.1) is 11.3 Å². The Bertz CT molecular complexity index is 636. The van der Waals surface area contributed by atoms with E-state index in [2.05, 4.69) is 15.5 Å². The molecular formula is C11H12N6O2. The van der Waals surface area contributed by atoms with Crippen molar-refractivity contribution < 1.29 is 9.53 Å². The second-order valence-electron chi connectivity index (χ2n) is 3.71. The molecule has 2 rings (SSSR count). The van der Waals surface area contributed by atoms with Gasteiger partial charge in [0.05, 0.1) is 13.2 Å². The van der Waals surface area contributed by atoms with Gasteiger partial charge >= 0.3 is 0 Å². The topological polar surface area (TPSA) is 97.8 Å². The lowest BCUT2D eigenvalue weighted by Crippen LogP contribution is -2.13. The summed E-state index contributed by atoms with van der Waals surface area (Å²) >= 11 is 0. The Morgan fingerprint density at radius 3 is 3.00 bits per heavy atom. The van der Waals surface area contributed by atoms with Crippen molar-refractivity contribution in [3.63, 3.8) is 0 Å². The number of hydrogen-bond acceptors (Lipinski definition) is 5. The maximum Gasteiger partial charge on any atom is 0.277 e. The van der Waals surface area contributed by atoms with Gasteiger partial charge in [0, 0.05) is 25.4 Å². The third kappa shape index (κ3) is 2.71. The lowest BCUT2D eigenvalue weighted by atomic mass is 10.4. The summed E-state index contributed by atoms with van der Waals surface area (Å²) in [5, 5.41) is 19.1. The first-order chi connectivity index (χ1) is 9.13. The van der Waals surface area contributed by atoms with E-state index in [0.29, 0.717) is 11.7 Å². The van der Waals surface area contributed by atoms with Gasteiger partial charge in [0.1, 0.15) is 6.54 Å². The van der Waals surface area contributed by atoms with Crippen LogP contribution < -0.4 is 10.1 Å². The number of amides is 1. The van der Waals surface area contributed by atoms with Crippen LogP contribution in [0.5, 0.6) is 5.88 Å². The number of anilines is 1. The van der Waals surface area contributed by atoms with E-state index in [-0.39, 0.29) is 18.1 Å². The fourth-order valence-corrected chi connectivity index (χ4v) is 1.52. The van der Waals surface area contributed by atoms with Crippen LogP contribution in [-0.4, -0.2) is 32.6 Å². The molecular weight excluding hydrogens is 248 g/mol. The van der Waals surface area contributed by atoms with Gasteiger partial charge in [0.2, 0.25) is 5.88 Å². The minimum atomic E-state index is -0.388. The number of hydrogen-bond donors (Lipinski definition) is 1. The van der Waals surface area contributed by atoms with Gasteiger partial charge in [0.25, 0.3) is 5.91 Å². The maximum atomic E-state index is 11.9. The van der Waals surface area contributed by atoms with Crippen LogP contribution in [0.25, 0.3) is 0 Å². The molecule has 0 aromatic carbocycles. The second-order valence-corrected chi connectivity index (χ2v) is 3.71. The molecule has 2 aromatic heterocycles. The summed E-state index contributed by atoms with van der Waals surface area (Å²) in [5.74, 6) is 0.464. The van der Waals surface area contributed by atoms with E-state index in [9.17, 15) is 4.79 Å². The van der Waals surface area contributed by atoms with Crippen molar-refractivity contribution in [2.24, 2.45) is 7.05 Å². The number of aryl methyl sites for hydroxylation is 1. The summed E-state index contributed by atoms with van der Waals surface area (Å²) < 4.78 is 7.91. The summed E-state index contributed by atoms with van der Waals surface area (Å²) in [7, 11) is 3.18. The molecule has 0 spiro atoms. The molecule has 2 heterocycles. The van der Waals surface area contributed by atoms with Gasteiger partial charge in [-0.2, -0.15) is 15.5 Å². The van der Waals surface area contributed by atoms with Gasteiger partial charge in [-0.15, -0.1) is 0 Å². The number of carbonyl (C=O) groups is 1. The van der Waals surface area contributed by atoms with Crippen LogP contribution in [0.3, 0.4) is 0 Å². The van der Waals surface area contributed by atoms with E-state index in [1.165, 1.54) is 22.5 Å². The molecule has 1 amide bonds. The van der Waals surface area contributed by atoms with Gasteiger partial charge in [0.15, 0.2) is 11.5 Å². The van der Waals surface area contributed by atoms with Gasteiger partial charge in [-0.25, -0.2) is 4.68 Å². The summed E-state index contributed by atoms with van der Waals surface area (Å²) in [6, 6.07) is 5.09. The molecule has 0 aliphatic carbocycles. The Hall–Kier alpha value is -2.82. The van der Waals surface area contributed by atoms with E-state index in [0.717, 1.165) is 0 Å². The quantitative estimate of drug-likeness (QED) is 0.858. The average molecular weight is 260 g/mol. The third-order valence-electron chi connectivity index (χ3n) is 2.39. The smallest absolute Gasteiger partial charge is 0.277 e. The van der Waals surface area contributed by atoms with Crippen molar-refractivity contribution in [1.29, 1.82) is 5.26 Å². The summed E-state index contributed by atoms with van der Waals surface area (Å²) in [5.41, 5.74) is 0.231. The molecule has 8 nitrogen and oxygen atoms in total. The highest BCUT2D eigenvalue weighted by Crippen LogP contribution is 2.12. The molecule has 0 atom stereocenters.